The van der Waals surface area contributed by atoms with E-state index in [0.717, 1.165) is 110 Å². The number of fused-ring (bicyclic) bond motifs is 4. The summed E-state index contributed by atoms with van der Waals surface area (Å²) in [5.74, 6) is 4.94. The molecule has 6 N–H and O–H groups in total. The molecule has 7 heterocycles. The molecule has 0 spiro atoms. The lowest BCUT2D eigenvalue weighted by molar-refractivity contribution is 0.0615. The number of benzene rings is 4. The molecule has 1 aliphatic heterocycles. The van der Waals surface area contributed by atoms with Crippen molar-refractivity contribution in [2.75, 3.05) is 35.6 Å². The highest BCUT2D eigenvalue weighted by Gasteiger charge is 2.37. The second-order valence-corrected chi connectivity index (χ2v) is 21.5. The number of nitrogens with zero attached hydrogens (tertiary/aromatic N) is 16. The van der Waals surface area contributed by atoms with Crippen LogP contribution in [0.15, 0.2) is 134 Å². The molecule has 0 saturated heterocycles. The van der Waals surface area contributed by atoms with Gasteiger partial charge in [0.15, 0.2) is 17.5 Å². The third-order valence-corrected chi connectivity index (χ3v) is 16.1. The van der Waals surface area contributed by atoms with Crippen molar-refractivity contribution in [1.29, 1.82) is 0 Å². The fraction of sp³-hybridized carbons (Fsp3) is 0.356. The maximum absolute atomic E-state index is 12.7. The summed E-state index contributed by atoms with van der Waals surface area (Å²) in [7, 11) is 0. The molecule has 0 atom stereocenters. The van der Waals surface area contributed by atoms with Crippen LogP contribution in [-0.4, -0.2) is 135 Å². The molecule has 0 unspecified atom stereocenters. The summed E-state index contributed by atoms with van der Waals surface area (Å²) < 4.78 is 5.18. The molecular formula is C59H64N20O3. The number of anilines is 3. The summed E-state index contributed by atoms with van der Waals surface area (Å²) in [6.45, 7) is 1.56. The number of hydrogen-bond acceptors (Lipinski definition) is 19. The number of aliphatic hydroxyl groups excluding tert-OH is 1. The standard InChI is InChI=1S/C25H23N7O2.C17H21N7.C17H20N6O/c33-23-18-5-1-2-6-19(18)24(34)31(23)15-16-9-11-17(12-10-16)27-25-26-14-13-22(28-25)32-21-8-4-3-7-20(21)29-30-32;18-11-12-5-7-13(8-6-12)20-17-19-10-9-16(21-17)24-15-4-2-1-3-14(15)22-23-24;24-11-12-5-7-13(8-6-12)19-17-18-10-9-16(20-17)23-15-4-2-1-3-14(15)21-22-23/h1-8,13-14,16-17H,9-12,15H2,(H,26,27,28);1-4,9-10,12-13H,5-8,11,18H2,(H,19,20,21);1-4,9-10,12-13,24H,5-8,11H2,(H,18,19,20). The summed E-state index contributed by atoms with van der Waals surface area (Å²) in [5.41, 5.74) is 12.0. The van der Waals surface area contributed by atoms with E-state index < -0.39 is 0 Å². The molecule has 0 radical (unpaired) electrons. The topological polar surface area (TPSA) is 289 Å². The predicted octanol–water partition coefficient (Wildman–Crippen LogP) is 7.79. The van der Waals surface area contributed by atoms with Crippen LogP contribution in [0.2, 0.25) is 0 Å². The van der Waals surface area contributed by atoms with Gasteiger partial charge in [0.05, 0.1) is 27.7 Å². The van der Waals surface area contributed by atoms with E-state index in [4.69, 9.17) is 5.73 Å². The first-order chi connectivity index (χ1) is 40.3. The number of hydrogen-bond donors (Lipinski definition) is 5. The number of para-hydroxylation sites is 3. The Labute approximate surface area is 472 Å². The first kappa shape index (κ1) is 53.4. The third-order valence-electron chi connectivity index (χ3n) is 16.1. The van der Waals surface area contributed by atoms with Gasteiger partial charge in [-0.1, -0.05) is 64.2 Å². The molecule has 4 aromatic carbocycles. The number of aliphatic hydroxyl groups is 1. The lowest BCUT2D eigenvalue weighted by Gasteiger charge is -2.31. The Hall–Kier alpha value is -9.22. The molecule has 23 nitrogen and oxygen atoms in total. The van der Waals surface area contributed by atoms with Gasteiger partial charge in [-0.2, -0.15) is 29.0 Å². The minimum atomic E-state index is -0.174. The lowest BCUT2D eigenvalue weighted by atomic mass is 9.85. The number of aromatic nitrogens is 15. The van der Waals surface area contributed by atoms with Crippen molar-refractivity contribution in [1.82, 2.24) is 79.8 Å². The van der Waals surface area contributed by atoms with Crippen molar-refractivity contribution in [3.8, 4) is 17.5 Å². The van der Waals surface area contributed by atoms with Crippen molar-refractivity contribution in [3.63, 3.8) is 0 Å². The zero-order valence-corrected chi connectivity index (χ0v) is 45.3. The monoisotopic (exact) mass is 1100 g/mol. The zero-order chi connectivity index (χ0) is 55.8. The highest BCUT2D eigenvalue weighted by molar-refractivity contribution is 6.21. The van der Waals surface area contributed by atoms with Gasteiger partial charge in [0, 0.05) is 68.1 Å². The van der Waals surface area contributed by atoms with Gasteiger partial charge in [-0.25, -0.2) is 15.0 Å². The summed E-state index contributed by atoms with van der Waals surface area (Å²) in [5, 5.41) is 44.7. The molecular weight excluding hydrogens is 1040 g/mol. The van der Waals surface area contributed by atoms with Crippen LogP contribution < -0.4 is 21.7 Å². The molecule has 3 saturated carbocycles. The quantitative estimate of drug-likeness (QED) is 0.0688. The Morgan fingerprint density at radius 2 is 0.780 bits per heavy atom. The molecule has 0 bridgehead atoms. The average molecular weight is 1100 g/mol. The highest BCUT2D eigenvalue weighted by Crippen LogP contribution is 2.32. The summed E-state index contributed by atoms with van der Waals surface area (Å²) >= 11 is 0. The van der Waals surface area contributed by atoms with Gasteiger partial charge in [-0.15, -0.1) is 15.3 Å². The Morgan fingerprint density at radius 1 is 0.439 bits per heavy atom. The van der Waals surface area contributed by atoms with Gasteiger partial charge >= 0.3 is 0 Å². The normalized spacial score (nSPS) is 20.6. The number of rotatable bonds is 13. The summed E-state index contributed by atoms with van der Waals surface area (Å²) in [6.07, 6.45) is 17.6. The van der Waals surface area contributed by atoms with Crippen LogP contribution in [0.3, 0.4) is 0 Å². The molecule has 82 heavy (non-hydrogen) atoms. The van der Waals surface area contributed by atoms with Crippen molar-refractivity contribution in [2.24, 2.45) is 23.5 Å². The Morgan fingerprint density at radius 3 is 1.15 bits per heavy atom. The smallest absolute Gasteiger partial charge is 0.261 e. The van der Waals surface area contributed by atoms with Gasteiger partial charge in [0.2, 0.25) is 17.8 Å². The van der Waals surface area contributed by atoms with Gasteiger partial charge in [-0.3, -0.25) is 14.5 Å². The Balaban J connectivity index is 0.000000125. The van der Waals surface area contributed by atoms with E-state index in [-0.39, 0.29) is 24.5 Å². The second-order valence-electron chi connectivity index (χ2n) is 21.5. The lowest BCUT2D eigenvalue weighted by Crippen LogP contribution is -2.37. The van der Waals surface area contributed by atoms with E-state index >= 15 is 0 Å². The van der Waals surface area contributed by atoms with Gasteiger partial charge < -0.3 is 26.8 Å². The van der Waals surface area contributed by atoms with Gasteiger partial charge in [0.25, 0.3) is 11.8 Å². The van der Waals surface area contributed by atoms with Crippen molar-refractivity contribution in [3.05, 3.63) is 145 Å². The first-order valence-corrected chi connectivity index (χ1v) is 28.3. The predicted molar refractivity (Wildman–Crippen MR) is 309 cm³/mol. The molecule has 6 aromatic heterocycles. The minimum absolute atomic E-state index is 0.174. The number of carbonyl (C=O) groups is 2. The molecule has 4 aliphatic rings. The molecule has 23 heteroatoms. The number of imide groups is 1. The largest absolute Gasteiger partial charge is 0.396 e. The molecule has 10 aromatic rings. The third kappa shape index (κ3) is 12.0. The van der Waals surface area contributed by atoms with E-state index in [1.807, 2.05) is 91.0 Å². The van der Waals surface area contributed by atoms with E-state index in [0.29, 0.717) is 77.0 Å². The first-order valence-electron chi connectivity index (χ1n) is 28.3. The van der Waals surface area contributed by atoms with Crippen LogP contribution in [-0.2, 0) is 0 Å². The van der Waals surface area contributed by atoms with E-state index in [2.05, 4.69) is 76.8 Å². The molecule has 14 rings (SSSR count). The fourth-order valence-electron chi connectivity index (χ4n) is 11.5. The number of carbonyl (C=O) groups excluding carboxylic acids is 2. The Bertz CT molecular complexity index is 3630. The molecule has 418 valence electrons. The van der Waals surface area contributed by atoms with Crippen molar-refractivity contribution in [2.45, 2.75) is 95.2 Å². The second kappa shape index (κ2) is 24.7. The van der Waals surface area contributed by atoms with Crippen LogP contribution in [0.25, 0.3) is 50.6 Å². The van der Waals surface area contributed by atoms with E-state index in [1.54, 1.807) is 56.9 Å². The van der Waals surface area contributed by atoms with E-state index in [1.165, 1.54) is 17.7 Å². The van der Waals surface area contributed by atoms with Crippen LogP contribution in [0.1, 0.15) is 97.8 Å². The maximum atomic E-state index is 12.7. The maximum Gasteiger partial charge on any atom is 0.261 e. The molecule has 2 amide bonds. The number of nitrogens with two attached hydrogens (primary N) is 1. The van der Waals surface area contributed by atoms with Crippen molar-refractivity contribution < 1.29 is 14.7 Å². The number of amides is 2. The summed E-state index contributed by atoms with van der Waals surface area (Å²) in [4.78, 5) is 53.7. The average Bonchev–Trinajstić information content (AvgIpc) is 4.47. The molecule has 3 fully saturated rings. The summed E-state index contributed by atoms with van der Waals surface area (Å²) in [6, 6.07) is 36.9. The van der Waals surface area contributed by atoms with Crippen molar-refractivity contribution >= 4 is 62.8 Å². The Kier molecular flexibility index (Phi) is 16.1. The van der Waals surface area contributed by atoms with Crippen LogP contribution in [0, 0.1) is 17.8 Å². The minimum Gasteiger partial charge on any atom is -0.396 e. The number of nitrogens with one attached hydrogen (secondary N) is 3. The van der Waals surface area contributed by atoms with E-state index in [9.17, 15) is 14.7 Å². The van der Waals surface area contributed by atoms with Crippen LogP contribution in [0.5, 0.6) is 0 Å². The molecule has 3 aliphatic carbocycles. The zero-order valence-electron chi connectivity index (χ0n) is 45.3. The van der Waals surface area contributed by atoms with Gasteiger partial charge in [-0.05, 0) is 150 Å². The van der Waals surface area contributed by atoms with Crippen LogP contribution in [0.4, 0.5) is 17.8 Å². The SMILES string of the molecule is NCC1CCC(Nc2nccc(-n3nnc4ccccc43)n2)CC1.O=C1c2ccccc2C(=O)N1CC1CCC(Nc2nccc(-n3nnc4ccccc43)n2)CC1.OCC1CCC(Nc2nccc(-n3nnc4ccccc43)n2)CC1. The van der Waals surface area contributed by atoms with Crippen LogP contribution >= 0.6 is 0 Å². The fourth-order valence-corrected chi connectivity index (χ4v) is 11.5. The van der Waals surface area contributed by atoms with Gasteiger partial charge in [0.1, 0.15) is 16.6 Å². The highest BCUT2D eigenvalue weighted by atomic mass is 16.3.